The first kappa shape index (κ1) is 12.8. The summed E-state index contributed by atoms with van der Waals surface area (Å²) in [4.78, 5) is 18.5. The standard InChI is InChI=1S/C12H16N4OS/c1-2-9-12(17)14-6-7-16(9)10-5-3-4-8(15-10)11(13)18/h3-5,9H,2,6-7H2,1H3,(H2,13,18)(H,14,17). The van der Waals surface area contributed by atoms with Gasteiger partial charge in [-0.15, -0.1) is 0 Å². The van der Waals surface area contributed by atoms with E-state index in [1.54, 1.807) is 6.07 Å². The third-order valence-electron chi connectivity index (χ3n) is 3.00. The molecule has 0 saturated carbocycles. The number of rotatable bonds is 3. The average Bonchev–Trinajstić information content (AvgIpc) is 2.38. The first-order valence-electron chi connectivity index (χ1n) is 5.94. The molecule has 1 amide bonds. The number of hydrogen-bond donors (Lipinski definition) is 2. The van der Waals surface area contributed by atoms with Crippen LogP contribution < -0.4 is 16.0 Å². The molecule has 1 atom stereocenters. The molecule has 2 rings (SSSR count). The Balaban J connectivity index is 2.31. The lowest BCUT2D eigenvalue weighted by Crippen LogP contribution is -2.55. The molecule has 1 aromatic rings. The van der Waals surface area contributed by atoms with Crippen LogP contribution in [0.4, 0.5) is 5.82 Å². The second kappa shape index (κ2) is 5.30. The Kier molecular flexibility index (Phi) is 3.76. The number of hydrogen-bond acceptors (Lipinski definition) is 4. The van der Waals surface area contributed by atoms with Crippen LogP contribution in [0.1, 0.15) is 19.0 Å². The fourth-order valence-electron chi connectivity index (χ4n) is 2.12. The largest absolute Gasteiger partial charge is 0.388 e. The first-order valence-corrected chi connectivity index (χ1v) is 6.35. The third kappa shape index (κ3) is 2.43. The van der Waals surface area contributed by atoms with Crippen LogP contribution in [0.2, 0.25) is 0 Å². The van der Waals surface area contributed by atoms with Crippen molar-refractivity contribution in [2.75, 3.05) is 18.0 Å². The molecule has 18 heavy (non-hydrogen) atoms. The highest BCUT2D eigenvalue weighted by atomic mass is 32.1. The van der Waals surface area contributed by atoms with Crippen LogP contribution in [-0.4, -0.2) is 35.0 Å². The number of nitrogens with zero attached hydrogens (tertiary/aromatic N) is 2. The predicted octanol–water partition coefficient (Wildman–Crippen LogP) is 0.431. The number of pyridine rings is 1. The van der Waals surface area contributed by atoms with E-state index < -0.39 is 0 Å². The summed E-state index contributed by atoms with van der Waals surface area (Å²) >= 11 is 4.92. The van der Waals surface area contributed by atoms with Crippen LogP contribution in [0.5, 0.6) is 0 Å². The summed E-state index contributed by atoms with van der Waals surface area (Å²) in [6.45, 7) is 3.37. The maximum atomic E-state index is 11.8. The zero-order valence-corrected chi connectivity index (χ0v) is 11.0. The minimum Gasteiger partial charge on any atom is -0.388 e. The van der Waals surface area contributed by atoms with Crippen molar-refractivity contribution in [1.82, 2.24) is 10.3 Å². The van der Waals surface area contributed by atoms with Crippen LogP contribution >= 0.6 is 12.2 Å². The van der Waals surface area contributed by atoms with Crippen molar-refractivity contribution in [2.45, 2.75) is 19.4 Å². The molecule has 5 nitrogen and oxygen atoms in total. The molecule has 0 aliphatic carbocycles. The van der Waals surface area contributed by atoms with E-state index in [4.69, 9.17) is 18.0 Å². The van der Waals surface area contributed by atoms with Gasteiger partial charge in [0.15, 0.2) is 0 Å². The van der Waals surface area contributed by atoms with E-state index in [1.165, 1.54) is 0 Å². The molecule has 1 aliphatic rings. The Bertz CT molecular complexity index is 477. The molecular weight excluding hydrogens is 248 g/mol. The lowest BCUT2D eigenvalue weighted by molar-refractivity contribution is -0.123. The van der Waals surface area contributed by atoms with E-state index in [0.717, 1.165) is 18.8 Å². The predicted molar refractivity (Wildman–Crippen MR) is 74.6 cm³/mol. The molecule has 2 heterocycles. The second-order valence-electron chi connectivity index (χ2n) is 4.15. The Morgan fingerprint density at radius 3 is 3.11 bits per heavy atom. The molecule has 1 aliphatic heterocycles. The number of aromatic nitrogens is 1. The molecule has 6 heteroatoms. The van der Waals surface area contributed by atoms with Crippen molar-refractivity contribution in [3.05, 3.63) is 23.9 Å². The van der Waals surface area contributed by atoms with E-state index in [0.29, 0.717) is 12.2 Å². The minimum absolute atomic E-state index is 0.0475. The number of thiocarbonyl (C=S) groups is 1. The van der Waals surface area contributed by atoms with Crippen molar-refractivity contribution >= 4 is 28.9 Å². The number of anilines is 1. The maximum Gasteiger partial charge on any atom is 0.242 e. The van der Waals surface area contributed by atoms with Gasteiger partial charge in [-0.25, -0.2) is 4.98 Å². The minimum atomic E-state index is -0.173. The van der Waals surface area contributed by atoms with Crippen molar-refractivity contribution < 1.29 is 4.79 Å². The van der Waals surface area contributed by atoms with Gasteiger partial charge >= 0.3 is 0 Å². The molecule has 0 radical (unpaired) electrons. The lowest BCUT2D eigenvalue weighted by atomic mass is 10.1. The maximum absolute atomic E-state index is 11.8. The summed E-state index contributed by atoms with van der Waals surface area (Å²) in [6, 6.07) is 5.34. The summed E-state index contributed by atoms with van der Waals surface area (Å²) in [5.41, 5.74) is 6.16. The van der Waals surface area contributed by atoms with Gasteiger partial charge in [-0.1, -0.05) is 25.2 Å². The van der Waals surface area contributed by atoms with E-state index in [-0.39, 0.29) is 16.9 Å². The Labute approximate surface area is 111 Å². The van der Waals surface area contributed by atoms with Crippen molar-refractivity contribution in [3.8, 4) is 0 Å². The highest BCUT2D eigenvalue weighted by Gasteiger charge is 2.28. The van der Waals surface area contributed by atoms with E-state index in [9.17, 15) is 4.79 Å². The first-order chi connectivity index (χ1) is 8.63. The molecule has 1 unspecified atom stereocenters. The quantitative estimate of drug-likeness (QED) is 0.775. The number of nitrogens with two attached hydrogens (primary N) is 1. The number of amides is 1. The fourth-order valence-corrected chi connectivity index (χ4v) is 2.23. The zero-order valence-electron chi connectivity index (χ0n) is 10.2. The molecular formula is C12H16N4OS. The van der Waals surface area contributed by atoms with Crippen LogP contribution in [0.25, 0.3) is 0 Å². The van der Waals surface area contributed by atoms with Gasteiger partial charge in [0.05, 0.1) is 5.69 Å². The summed E-state index contributed by atoms with van der Waals surface area (Å²) in [5.74, 6) is 0.799. The normalized spacial score (nSPS) is 19.5. The molecule has 0 spiro atoms. The van der Waals surface area contributed by atoms with Gasteiger partial charge in [-0.3, -0.25) is 4.79 Å². The Morgan fingerprint density at radius 1 is 1.67 bits per heavy atom. The SMILES string of the molecule is CCC1C(=O)NCCN1c1cccc(C(N)=S)n1. The monoisotopic (exact) mass is 264 g/mol. The third-order valence-corrected chi connectivity index (χ3v) is 3.21. The van der Waals surface area contributed by atoms with Crippen molar-refractivity contribution in [3.63, 3.8) is 0 Å². The number of carbonyl (C=O) groups is 1. The van der Waals surface area contributed by atoms with Gasteiger partial charge in [-0.2, -0.15) is 0 Å². The molecule has 1 fully saturated rings. The van der Waals surface area contributed by atoms with Crippen molar-refractivity contribution in [1.29, 1.82) is 0 Å². The summed E-state index contributed by atoms with van der Waals surface area (Å²) in [7, 11) is 0. The molecule has 1 saturated heterocycles. The van der Waals surface area contributed by atoms with Crippen LogP contribution in [-0.2, 0) is 4.79 Å². The molecule has 1 aromatic heterocycles. The van der Waals surface area contributed by atoms with Gasteiger partial charge in [-0.05, 0) is 18.6 Å². The second-order valence-corrected chi connectivity index (χ2v) is 4.59. The van der Waals surface area contributed by atoms with Crippen LogP contribution in [0.3, 0.4) is 0 Å². The smallest absolute Gasteiger partial charge is 0.242 e. The summed E-state index contributed by atoms with van der Waals surface area (Å²) in [6.07, 6.45) is 0.741. The van der Waals surface area contributed by atoms with E-state index in [1.807, 2.05) is 24.0 Å². The van der Waals surface area contributed by atoms with E-state index in [2.05, 4.69) is 10.3 Å². The Hall–Kier alpha value is -1.69. The van der Waals surface area contributed by atoms with Crippen LogP contribution in [0, 0.1) is 0 Å². The molecule has 96 valence electrons. The van der Waals surface area contributed by atoms with Crippen molar-refractivity contribution in [2.24, 2.45) is 5.73 Å². The molecule has 0 bridgehead atoms. The summed E-state index contributed by atoms with van der Waals surface area (Å²) in [5, 5.41) is 2.86. The number of nitrogens with one attached hydrogen (secondary N) is 1. The summed E-state index contributed by atoms with van der Waals surface area (Å²) < 4.78 is 0. The zero-order chi connectivity index (χ0) is 13.1. The van der Waals surface area contributed by atoms with Gasteiger partial charge in [0.25, 0.3) is 0 Å². The highest BCUT2D eigenvalue weighted by molar-refractivity contribution is 7.80. The fraction of sp³-hybridized carbons (Fsp3) is 0.417. The topological polar surface area (TPSA) is 71.2 Å². The molecule has 3 N–H and O–H groups in total. The number of carbonyl (C=O) groups excluding carboxylic acids is 1. The van der Waals surface area contributed by atoms with Gasteiger partial charge in [0, 0.05) is 13.1 Å². The average molecular weight is 264 g/mol. The molecule has 0 aromatic carbocycles. The van der Waals surface area contributed by atoms with Gasteiger partial charge in [0.2, 0.25) is 5.91 Å². The Morgan fingerprint density at radius 2 is 2.44 bits per heavy atom. The van der Waals surface area contributed by atoms with Gasteiger partial charge < -0.3 is 16.0 Å². The van der Waals surface area contributed by atoms with E-state index >= 15 is 0 Å². The number of piperazine rings is 1. The highest BCUT2D eigenvalue weighted by Crippen LogP contribution is 2.18. The van der Waals surface area contributed by atoms with Crippen LogP contribution in [0.15, 0.2) is 18.2 Å². The van der Waals surface area contributed by atoms with Gasteiger partial charge in [0.1, 0.15) is 16.8 Å². The lowest BCUT2D eigenvalue weighted by Gasteiger charge is -2.35.